The highest BCUT2D eigenvalue weighted by Gasteiger charge is 2.41. The summed E-state index contributed by atoms with van der Waals surface area (Å²) in [5, 5.41) is 0. The van der Waals surface area contributed by atoms with Gasteiger partial charge in [0.05, 0.1) is 6.61 Å². The molecular weight excluding hydrogens is 575 g/mol. The molecule has 0 radical (unpaired) electrons. The van der Waals surface area contributed by atoms with Crippen LogP contribution in [0.4, 0.5) is 39.5 Å². The van der Waals surface area contributed by atoms with Gasteiger partial charge in [-0.25, -0.2) is 30.7 Å². The van der Waals surface area contributed by atoms with Crippen molar-refractivity contribution < 1.29 is 49.0 Å². The van der Waals surface area contributed by atoms with Crippen LogP contribution >= 0.6 is 0 Å². The van der Waals surface area contributed by atoms with Gasteiger partial charge < -0.3 is 9.47 Å². The number of unbranched alkanes of at least 4 members (excludes halogenated alkanes) is 11. The van der Waals surface area contributed by atoms with Crippen LogP contribution in [0.1, 0.15) is 109 Å². The van der Waals surface area contributed by atoms with Crippen LogP contribution in [0.2, 0.25) is 0 Å². The van der Waals surface area contributed by atoms with Gasteiger partial charge in [-0.15, -0.1) is 0 Å². The lowest BCUT2D eigenvalue weighted by molar-refractivity contribution is -0.189. The van der Waals surface area contributed by atoms with Crippen LogP contribution in [0.3, 0.4) is 0 Å². The van der Waals surface area contributed by atoms with Crippen LogP contribution < -0.4 is 9.47 Å². The number of halogens is 9. The summed E-state index contributed by atoms with van der Waals surface area (Å²) in [6.07, 6.45) is 5.90. The predicted molar refractivity (Wildman–Crippen MR) is 143 cm³/mol. The molecule has 0 amide bonds. The molecule has 2 rings (SSSR count). The van der Waals surface area contributed by atoms with Crippen LogP contribution in [0.5, 0.6) is 11.5 Å². The Kier molecular flexibility index (Phi) is 14.8. The topological polar surface area (TPSA) is 18.5 Å². The standard InChI is InChI=1S/C31H39F9O2/c1-2-3-4-5-6-9-12-15-30(37,38)16-13-10-7-8-11-14-17-41-22-18-24(32)28(25(33)19-22)31(39,40)42-23-20-26(34)29(36)27(35)21-23/h18-21H,2-17H2,1H3. The van der Waals surface area contributed by atoms with E-state index >= 15 is 0 Å². The fraction of sp³-hybridized carbons (Fsp3) is 0.613. The molecule has 0 aliphatic heterocycles. The van der Waals surface area contributed by atoms with Gasteiger partial charge in [0.2, 0.25) is 5.92 Å². The van der Waals surface area contributed by atoms with Crippen molar-refractivity contribution in [3.05, 3.63) is 58.9 Å². The van der Waals surface area contributed by atoms with E-state index in [1.54, 1.807) is 0 Å². The first-order valence-corrected chi connectivity index (χ1v) is 14.6. The number of benzene rings is 2. The Morgan fingerprint density at radius 3 is 1.48 bits per heavy atom. The Balaban J connectivity index is 1.66. The van der Waals surface area contributed by atoms with Gasteiger partial charge in [0.1, 0.15) is 28.7 Å². The Hall–Kier alpha value is -2.59. The van der Waals surface area contributed by atoms with Crippen molar-refractivity contribution >= 4 is 0 Å². The molecule has 0 fully saturated rings. The highest BCUT2D eigenvalue weighted by atomic mass is 19.3. The van der Waals surface area contributed by atoms with Crippen molar-refractivity contribution in [1.82, 2.24) is 0 Å². The molecule has 0 atom stereocenters. The molecule has 2 aromatic rings. The molecule has 0 N–H and O–H groups in total. The molecule has 2 aromatic carbocycles. The zero-order valence-corrected chi connectivity index (χ0v) is 23.8. The fourth-order valence-electron chi connectivity index (χ4n) is 4.55. The normalized spacial score (nSPS) is 12.1. The second-order valence-electron chi connectivity index (χ2n) is 10.5. The summed E-state index contributed by atoms with van der Waals surface area (Å²) in [5.74, 6) is -13.2. The Labute approximate surface area is 241 Å². The van der Waals surface area contributed by atoms with E-state index in [2.05, 4.69) is 11.7 Å². The van der Waals surface area contributed by atoms with E-state index < -0.39 is 52.4 Å². The van der Waals surface area contributed by atoms with Crippen molar-refractivity contribution in [2.24, 2.45) is 0 Å². The van der Waals surface area contributed by atoms with Crippen molar-refractivity contribution in [3.8, 4) is 11.5 Å². The molecule has 0 bridgehead atoms. The monoisotopic (exact) mass is 614 g/mol. The average molecular weight is 615 g/mol. The lowest BCUT2D eigenvalue weighted by atomic mass is 10.0. The summed E-state index contributed by atoms with van der Waals surface area (Å²) < 4.78 is 134. The van der Waals surface area contributed by atoms with Crippen LogP contribution in [-0.4, -0.2) is 12.5 Å². The van der Waals surface area contributed by atoms with Gasteiger partial charge in [-0.2, -0.15) is 8.78 Å². The van der Waals surface area contributed by atoms with E-state index in [1.807, 2.05) is 0 Å². The third-order valence-corrected chi connectivity index (χ3v) is 6.86. The first-order chi connectivity index (χ1) is 19.9. The molecule has 0 heterocycles. The maximum Gasteiger partial charge on any atom is 0.432 e. The minimum absolute atomic E-state index is 0.0375. The quantitative estimate of drug-likeness (QED) is 0.0791. The second kappa shape index (κ2) is 17.5. The number of hydrogen-bond donors (Lipinski definition) is 0. The molecule has 238 valence electrons. The molecule has 0 aromatic heterocycles. The Morgan fingerprint density at radius 2 is 0.976 bits per heavy atom. The van der Waals surface area contributed by atoms with E-state index in [1.165, 1.54) is 6.42 Å². The number of hydrogen-bond acceptors (Lipinski definition) is 2. The van der Waals surface area contributed by atoms with Crippen LogP contribution in [-0.2, 0) is 6.11 Å². The number of ether oxygens (including phenoxy) is 2. The SMILES string of the molecule is CCCCCCCCCC(F)(F)CCCCCCCCOc1cc(F)c(C(F)(F)Oc2cc(F)c(F)c(F)c2)c(F)c1. The summed E-state index contributed by atoms with van der Waals surface area (Å²) in [7, 11) is 0. The summed E-state index contributed by atoms with van der Waals surface area (Å²) in [6.45, 7) is 2.17. The molecule has 0 saturated carbocycles. The first-order valence-electron chi connectivity index (χ1n) is 14.6. The molecule has 0 saturated heterocycles. The number of rotatable bonds is 21. The smallest absolute Gasteiger partial charge is 0.432 e. The van der Waals surface area contributed by atoms with E-state index in [9.17, 15) is 39.5 Å². The summed E-state index contributed by atoms with van der Waals surface area (Å²) in [5.41, 5.74) is -1.81. The molecule has 2 nitrogen and oxygen atoms in total. The maximum atomic E-state index is 14.4. The van der Waals surface area contributed by atoms with Gasteiger partial charge in [0.15, 0.2) is 17.5 Å². The molecule has 0 spiro atoms. The maximum absolute atomic E-state index is 14.4. The minimum atomic E-state index is -4.68. The zero-order chi connectivity index (χ0) is 31.2. The number of alkyl halides is 4. The van der Waals surface area contributed by atoms with Crippen molar-refractivity contribution in [3.63, 3.8) is 0 Å². The van der Waals surface area contributed by atoms with E-state index in [-0.39, 0.29) is 37.3 Å². The lowest BCUT2D eigenvalue weighted by Gasteiger charge is -2.20. The van der Waals surface area contributed by atoms with Crippen LogP contribution in [0.25, 0.3) is 0 Å². The molecule has 0 unspecified atom stereocenters. The van der Waals surface area contributed by atoms with Gasteiger partial charge in [0, 0.05) is 37.1 Å². The summed E-state index contributed by atoms with van der Waals surface area (Å²) >= 11 is 0. The van der Waals surface area contributed by atoms with E-state index in [0.717, 1.165) is 44.9 Å². The first kappa shape index (κ1) is 35.6. The third-order valence-electron chi connectivity index (χ3n) is 6.86. The zero-order valence-electron chi connectivity index (χ0n) is 23.8. The van der Waals surface area contributed by atoms with Crippen LogP contribution in [0, 0.1) is 29.1 Å². The van der Waals surface area contributed by atoms with Crippen molar-refractivity contribution in [2.45, 2.75) is 115 Å². The van der Waals surface area contributed by atoms with Crippen molar-refractivity contribution in [1.29, 1.82) is 0 Å². The second-order valence-corrected chi connectivity index (χ2v) is 10.5. The van der Waals surface area contributed by atoms with Crippen molar-refractivity contribution in [2.75, 3.05) is 6.61 Å². The predicted octanol–water partition coefficient (Wildman–Crippen LogP) is 11.4. The van der Waals surface area contributed by atoms with Crippen LogP contribution in [0.15, 0.2) is 24.3 Å². The van der Waals surface area contributed by atoms with Gasteiger partial charge >= 0.3 is 6.11 Å². The van der Waals surface area contributed by atoms with Gasteiger partial charge in [-0.05, 0) is 19.3 Å². The fourth-order valence-corrected chi connectivity index (χ4v) is 4.55. The largest absolute Gasteiger partial charge is 0.493 e. The molecule has 0 aliphatic rings. The van der Waals surface area contributed by atoms with E-state index in [0.29, 0.717) is 44.2 Å². The molecule has 42 heavy (non-hydrogen) atoms. The summed E-state index contributed by atoms with van der Waals surface area (Å²) in [6, 6.07) is 1.28. The average Bonchev–Trinajstić information content (AvgIpc) is 2.89. The van der Waals surface area contributed by atoms with Gasteiger partial charge in [0.25, 0.3) is 0 Å². The molecular formula is C31H39F9O2. The summed E-state index contributed by atoms with van der Waals surface area (Å²) in [4.78, 5) is 0. The van der Waals surface area contributed by atoms with Gasteiger partial charge in [-0.1, -0.05) is 71.1 Å². The minimum Gasteiger partial charge on any atom is -0.493 e. The Bertz CT molecular complexity index is 1050. The third kappa shape index (κ3) is 12.3. The Morgan fingerprint density at radius 1 is 0.548 bits per heavy atom. The highest BCUT2D eigenvalue weighted by Crippen LogP contribution is 2.37. The van der Waals surface area contributed by atoms with E-state index in [4.69, 9.17) is 4.74 Å². The lowest BCUT2D eigenvalue weighted by Crippen LogP contribution is -2.25. The molecule has 11 heteroatoms. The highest BCUT2D eigenvalue weighted by molar-refractivity contribution is 5.34. The molecule has 0 aliphatic carbocycles. The van der Waals surface area contributed by atoms with Gasteiger partial charge in [-0.3, -0.25) is 0 Å².